The van der Waals surface area contributed by atoms with E-state index in [1.165, 1.54) is 0 Å². The van der Waals surface area contributed by atoms with Crippen molar-refractivity contribution in [1.29, 1.82) is 0 Å². The van der Waals surface area contributed by atoms with Crippen LogP contribution in [-0.4, -0.2) is 0 Å². The Bertz CT molecular complexity index is 279. The van der Waals surface area contributed by atoms with Gasteiger partial charge in [-0.15, -0.1) is 0 Å². The molecule has 0 aliphatic carbocycles. The van der Waals surface area contributed by atoms with Crippen LogP contribution in [0.4, 0.5) is 0 Å². The van der Waals surface area contributed by atoms with Gasteiger partial charge in [-0.3, -0.25) is 0 Å². The third-order valence-electron chi connectivity index (χ3n) is 1.21. The van der Waals surface area contributed by atoms with Crippen LogP contribution < -0.4 is 0 Å². The molecule has 58 valence electrons. The van der Waals surface area contributed by atoms with Crippen LogP contribution >= 0.6 is 47.8 Å². The minimum atomic E-state index is 1.08. The Morgan fingerprint density at radius 3 is 2.45 bits per heavy atom. The lowest BCUT2D eigenvalue weighted by molar-refractivity contribution is 1.56. The molecule has 0 spiro atoms. The third kappa shape index (κ3) is 2.73. The van der Waals surface area contributed by atoms with Crippen LogP contribution in [0.2, 0.25) is 0 Å². The molecular formula is C8H5Br3. The van der Waals surface area contributed by atoms with Crippen molar-refractivity contribution in [1.82, 2.24) is 0 Å². The smallest absolute Gasteiger partial charge is 0.0259 e. The Balaban J connectivity index is 3.09. The molecule has 0 aromatic heterocycles. The van der Waals surface area contributed by atoms with Crippen LogP contribution in [0.15, 0.2) is 32.1 Å². The first-order chi connectivity index (χ1) is 5.24. The highest BCUT2D eigenvalue weighted by atomic mass is 79.9. The summed E-state index contributed by atoms with van der Waals surface area (Å²) in [4.78, 5) is 1.83. The molecule has 0 bridgehead atoms. The van der Waals surface area contributed by atoms with E-state index in [2.05, 4.69) is 47.8 Å². The van der Waals surface area contributed by atoms with Gasteiger partial charge in [0.25, 0.3) is 0 Å². The van der Waals surface area contributed by atoms with Crippen LogP contribution in [0.3, 0.4) is 0 Å². The molecule has 0 aliphatic heterocycles. The summed E-state index contributed by atoms with van der Waals surface area (Å²) in [7, 11) is 0. The molecule has 0 N–H and O–H groups in total. The summed E-state index contributed by atoms with van der Waals surface area (Å²) in [5, 5.41) is 0. The van der Waals surface area contributed by atoms with Gasteiger partial charge in [0, 0.05) is 8.95 Å². The van der Waals surface area contributed by atoms with Crippen LogP contribution in [0.5, 0.6) is 0 Å². The standard InChI is InChI=1S/C8H5Br3/c9-4-3-6-1-2-7(10)5-8(6)11/h1-5H/b4-3-. The zero-order valence-electron chi connectivity index (χ0n) is 5.52. The van der Waals surface area contributed by atoms with E-state index in [0.717, 1.165) is 14.5 Å². The Labute approximate surface area is 91.1 Å². The molecule has 0 amide bonds. The van der Waals surface area contributed by atoms with Crippen molar-refractivity contribution in [2.24, 2.45) is 0 Å². The summed E-state index contributed by atoms with van der Waals surface area (Å²) < 4.78 is 2.17. The predicted octanol–water partition coefficient (Wildman–Crippen LogP) is 4.58. The van der Waals surface area contributed by atoms with Crippen molar-refractivity contribution >= 4 is 53.9 Å². The van der Waals surface area contributed by atoms with E-state index in [1.807, 2.05) is 29.3 Å². The van der Waals surface area contributed by atoms with Gasteiger partial charge in [0.05, 0.1) is 0 Å². The van der Waals surface area contributed by atoms with Crippen molar-refractivity contribution in [3.8, 4) is 0 Å². The van der Waals surface area contributed by atoms with E-state index < -0.39 is 0 Å². The van der Waals surface area contributed by atoms with E-state index in [9.17, 15) is 0 Å². The van der Waals surface area contributed by atoms with Crippen LogP contribution in [0.25, 0.3) is 6.08 Å². The van der Waals surface area contributed by atoms with Crippen molar-refractivity contribution < 1.29 is 0 Å². The highest BCUT2D eigenvalue weighted by molar-refractivity contribution is 9.11. The van der Waals surface area contributed by atoms with E-state index in [4.69, 9.17) is 0 Å². The summed E-state index contributed by atoms with van der Waals surface area (Å²) in [5.74, 6) is 0. The van der Waals surface area contributed by atoms with E-state index >= 15 is 0 Å². The largest absolute Gasteiger partial charge is 0.0595 e. The van der Waals surface area contributed by atoms with Gasteiger partial charge in [-0.2, -0.15) is 0 Å². The molecule has 0 atom stereocenters. The molecule has 0 radical (unpaired) electrons. The zero-order chi connectivity index (χ0) is 8.27. The van der Waals surface area contributed by atoms with E-state index in [1.54, 1.807) is 0 Å². The maximum Gasteiger partial charge on any atom is 0.0259 e. The highest BCUT2D eigenvalue weighted by Gasteiger charge is 1.94. The molecule has 0 fully saturated rings. The van der Waals surface area contributed by atoms with Gasteiger partial charge >= 0.3 is 0 Å². The SMILES string of the molecule is Br/C=C\c1ccc(Br)cc1Br. The lowest BCUT2D eigenvalue weighted by Gasteiger charge is -1.97. The number of hydrogen-bond acceptors (Lipinski definition) is 0. The second-order valence-electron chi connectivity index (χ2n) is 1.96. The van der Waals surface area contributed by atoms with E-state index in [-0.39, 0.29) is 0 Å². The second kappa shape index (κ2) is 4.43. The van der Waals surface area contributed by atoms with Gasteiger partial charge in [0.1, 0.15) is 0 Å². The van der Waals surface area contributed by atoms with Gasteiger partial charge in [-0.25, -0.2) is 0 Å². The summed E-state index contributed by atoms with van der Waals surface area (Å²) in [6, 6.07) is 6.06. The van der Waals surface area contributed by atoms with Gasteiger partial charge in [0.2, 0.25) is 0 Å². The first kappa shape index (κ1) is 9.49. The Hall–Kier alpha value is 0.400. The van der Waals surface area contributed by atoms with Crippen molar-refractivity contribution in [3.05, 3.63) is 37.7 Å². The molecule has 11 heavy (non-hydrogen) atoms. The molecule has 0 aliphatic rings. The van der Waals surface area contributed by atoms with Crippen LogP contribution in [-0.2, 0) is 0 Å². The predicted molar refractivity (Wildman–Crippen MR) is 59.8 cm³/mol. The molecular weight excluding hydrogens is 336 g/mol. The monoisotopic (exact) mass is 338 g/mol. The van der Waals surface area contributed by atoms with Crippen molar-refractivity contribution in [3.63, 3.8) is 0 Å². The summed E-state index contributed by atoms with van der Waals surface area (Å²) in [6.07, 6.45) is 1.98. The third-order valence-corrected chi connectivity index (χ3v) is 2.65. The number of benzene rings is 1. The average Bonchev–Trinajstić information content (AvgIpc) is 1.95. The molecule has 3 heteroatoms. The lowest BCUT2D eigenvalue weighted by atomic mass is 10.2. The first-order valence-electron chi connectivity index (χ1n) is 2.96. The summed E-state index contributed by atoms with van der Waals surface area (Å²) in [6.45, 7) is 0. The van der Waals surface area contributed by atoms with Crippen LogP contribution in [0, 0.1) is 0 Å². The minimum Gasteiger partial charge on any atom is -0.0595 e. The minimum absolute atomic E-state index is 1.08. The maximum atomic E-state index is 3.45. The fourth-order valence-corrected chi connectivity index (χ4v) is 2.17. The van der Waals surface area contributed by atoms with Gasteiger partial charge in [-0.05, 0) is 28.8 Å². The zero-order valence-corrected chi connectivity index (χ0v) is 10.3. The van der Waals surface area contributed by atoms with Gasteiger partial charge in [0.15, 0.2) is 0 Å². The topological polar surface area (TPSA) is 0 Å². The number of hydrogen-bond donors (Lipinski definition) is 0. The average molecular weight is 341 g/mol. The lowest BCUT2D eigenvalue weighted by Crippen LogP contribution is -1.73. The summed E-state index contributed by atoms with van der Waals surface area (Å²) in [5.41, 5.74) is 1.16. The maximum absolute atomic E-state index is 3.45. The molecule has 0 unspecified atom stereocenters. The van der Waals surface area contributed by atoms with Crippen LogP contribution in [0.1, 0.15) is 5.56 Å². The Kier molecular flexibility index (Phi) is 3.82. The Morgan fingerprint density at radius 1 is 1.18 bits per heavy atom. The second-order valence-corrected chi connectivity index (χ2v) is 4.26. The molecule has 0 saturated carbocycles. The first-order valence-corrected chi connectivity index (χ1v) is 5.46. The van der Waals surface area contributed by atoms with Crippen molar-refractivity contribution in [2.45, 2.75) is 0 Å². The molecule has 0 nitrogen and oxygen atoms in total. The van der Waals surface area contributed by atoms with Crippen molar-refractivity contribution in [2.75, 3.05) is 0 Å². The number of rotatable bonds is 1. The Morgan fingerprint density at radius 2 is 1.91 bits per heavy atom. The summed E-state index contributed by atoms with van der Waals surface area (Å²) >= 11 is 10.1. The highest BCUT2D eigenvalue weighted by Crippen LogP contribution is 2.23. The normalized spacial score (nSPS) is 10.8. The molecule has 0 saturated heterocycles. The number of halogens is 3. The van der Waals surface area contributed by atoms with Gasteiger partial charge in [-0.1, -0.05) is 53.9 Å². The fourth-order valence-electron chi connectivity index (χ4n) is 0.705. The van der Waals surface area contributed by atoms with Gasteiger partial charge < -0.3 is 0 Å². The molecule has 1 aromatic rings. The molecule has 0 heterocycles. The molecule has 1 aromatic carbocycles. The quantitative estimate of drug-likeness (QED) is 0.702. The van der Waals surface area contributed by atoms with E-state index in [0.29, 0.717) is 0 Å². The molecule has 1 rings (SSSR count). The fraction of sp³-hybridized carbons (Fsp3) is 0.